The lowest BCUT2D eigenvalue weighted by molar-refractivity contribution is -0.224. The first-order valence-corrected chi connectivity index (χ1v) is 11.3. The second-order valence-corrected chi connectivity index (χ2v) is 7.70. The number of hydrogen-bond acceptors (Lipinski definition) is 7. The third-order valence-electron chi connectivity index (χ3n) is 4.93. The highest BCUT2D eigenvalue weighted by Crippen LogP contribution is 2.21. The molecular weight excluding hydrogens is 444 g/mol. The molecule has 4 aromatic carbocycles. The number of anilines is 4. The van der Waals surface area contributed by atoms with Gasteiger partial charge in [-0.2, -0.15) is 0 Å². The van der Waals surface area contributed by atoms with Crippen LogP contribution in [0.1, 0.15) is 0 Å². The van der Waals surface area contributed by atoms with Crippen molar-refractivity contribution >= 4 is 22.7 Å². The van der Waals surface area contributed by atoms with Crippen molar-refractivity contribution in [3.05, 3.63) is 109 Å². The van der Waals surface area contributed by atoms with Gasteiger partial charge in [0.05, 0.1) is 0 Å². The summed E-state index contributed by atoms with van der Waals surface area (Å²) in [5.74, 6) is 1.14. The number of benzene rings is 4. The fourth-order valence-electron chi connectivity index (χ4n) is 3.24. The molecule has 0 fully saturated rings. The Kier molecular flexibility index (Phi) is 8.56. The standard InChI is InChI=1S/C28H28N2O5/c31-27(19-33-25-15-11-23(12-16-25)29-21-7-3-1-4-8-21)35-28(32)20-34-26-17-13-24(14-18-26)30-22-9-5-2-6-10-22/h1-18,27-32H,19-20H2. The smallest absolute Gasteiger partial charge is 0.192 e. The molecule has 4 N–H and O–H groups in total. The Labute approximate surface area is 204 Å². The fraction of sp³-hybridized carbons (Fsp3) is 0.143. The fourth-order valence-corrected chi connectivity index (χ4v) is 3.24. The van der Waals surface area contributed by atoms with Crippen molar-refractivity contribution < 1.29 is 24.4 Å². The summed E-state index contributed by atoms with van der Waals surface area (Å²) < 4.78 is 16.2. The molecular formula is C28H28N2O5. The molecule has 0 spiro atoms. The molecule has 0 bridgehead atoms. The Morgan fingerprint density at radius 3 is 1.20 bits per heavy atom. The average Bonchev–Trinajstić information content (AvgIpc) is 2.89. The number of aliphatic hydroxyl groups excluding tert-OH is 2. The van der Waals surface area contributed by atoms with Crippen molar-refractivity contribution in [2.45, 2.75) is 12.6 Å². The minimum Gasteiger partial charge on any atom is -0.488 e. The van der Waals surface area contributed by atoms with Crippen molar-refractivity contribution in [1.82, 2.24) is 0 Å². The zero-order valence-corrected chi connectivity index (χ0v) is 19.1. The van der Waals surface area contributed by atoms with Gasteiger partial charge in [-0.1, -0.05) is 36.4 Å². The molecule has 7 heteroatoms. The summed E-state index contributed by atoms with van der Waals surface area (Å²) in [4.78, 5) is 0. The molecule has 2 unspecified atom stereocenters. The topological polar surface area (TPSA) is 92.2 Å². The van der Waals surface area contributed by atoms with Gasteiger partial charge in [0.1, 0.15) is 24.7 Å². The van der Waals surface area contributed by atoms with Crippen molar-refractivity contribution in [2.24, 2.45) is 0 Å². The second-order valence-electron chi connectivity index (χ2n) is 7.70. The van der Waals surface area contributed by atoms with Crippen LogP contribution < -0.4 is 20.1 Å². The molecule has 0 amide bonds. The highest BCUT2D eigenvalue weighted by molar-refractivity contribution is 5.61. The molecule has 0 aliphatic carbocycles. The van der Waals surface area contributed by atoms with Gasteiger partial charge in [0.2, 0.25) is 0 Å². The monoisotopic (exact) mass is 472 g/mol. The maximum Gasteiger partial charge on any atom is 0.192 e. The van der Waals surface area contributed by atoms with E-state index in [2.05, 4.69) is 10.6 Å². The van der Waals surface area contributed by atoms with Crippen LogP contribution in [0.15, 0.2) is 109 Å². The van der Waals surface area contributed by atoms with Gasteiger partial charge in [-0.05, 0) is 72.8 Å². The van der Waals surface area contributed by atoms with Crippen LogP contribution in [0.2, 0.25) is 0 Å². The molecule has 4 rings (SSSR count). The van der Waals surface area contributed by atoms with E-state index in [4.69, 9.17) is 14.2 Å². The zero-order chi connectivity index (χ0) is 24.3. The summed E-state index contributed by atoms with van der Waals surface area (Å²) in [7, 11) is 0. The Bertz CT molecular complexity index is 1050. The van der Waals surface area contributed by atoms with Crippen LogP contribution in [0.4, 0.5) is 22.7 Å². The van der Waals surface area contributed by atoms with Crippen LogP contribution in [0.25, 0.3) is 0 Å². The third kappa shape index (κ3) is 8.04. The van der Waals surface area contributed by atoms with Gasteiger partial charge in [0.15, 0.2) is 12.6 Å². The minimum absolute atomic E-state index is 0.137. The predicted octanol–water partition coefficient (Wildman–Crippen LogP) is 5.29. The van der Waals surface area contributed by atoms with E-state index >= 15 is 0 Å². The van der Waals surface area contributed by atoms with Crippen molar-refractivity contribution in [1.29, 1.82) is 0 Å². The normalized spacial score (nSPS) is 12.4. The summed E-state index contributed by atoms with van der Waals surface area (Å²) in [6.07, 6.45) is -2.62. The van der Waals surface area contributed by atoms with E-state index in [9.17, 15) is 10.2 Å². The van der Waals surface area contributed by atoms with Gasteiger partial charge in [-0.3, -0.25) is 0 Å². The molecule has 7 nitrogen and oxygen atoms in total. The number of ether oxygens (including phenoxy) is 3. The van der Waals surface area contributed by atoms with E-state index in [0.29, 0.717) is 11.5 Å². The predicted molar refractivity (Wildman–Crippen MR) is 136 cm³/mol. The number of para-hydroxylation sites is 2. The van der Waals surface area contributed by atoms with E-state index in [0.717, 1.165) is 22.7 Å². The van der Waals surface area contributed by atoms with Crippen LogP contribution in [0, 0.1) is 0 Å². The minimum atomic E-state index is -1.31. The molecule has 0 heterocycles. The molecule has 2 atom stereocenters. The van der Waals surface area contributed by atoms with Crippen LogP contribution in [0.5, 0.6) is 11.5 Å². The Morgan fingerprint density at radius 1 is 0.486 bits per heavy atom. The molecule has 0 radical (unpaired) electrons. The first kappa shape index (κ1) is 24.1. The molecule has 0 saturated heterocycles. The molecule has 0 aliphatic rings. The van der Waals surface area contributed by atoms with Crippen molar-refractivity contribution in [3.63, 3.8) is 0 Å². The van der Waals surface area contributed by atoms with E-state index in [1.54, 1.807) is 24.3 Å². The van der Waals surface area contributed by atoms with Gasteiger partial charge in [-0.25, -0.2) is 0 Å². The van der Waals surface area contributed by atoms with Crippen LogP contribution in [-0.2, 0) is 4.74 Å². The van der Waals surface area contributed by atoms with Crippen molar-refractivity contribution in [2.75, 3.05) is 23.8 Å². The summed E-state index contributed by atoms with van der Waals surface area (Å²) in [6.45, 7) is -0.273. The quantitative estimate of drug-likeness (QED) is 0.208. The number of aliphatic hydroxyl groups is 2. The van der Waals surface area contributed by atoms with Crippen molar-refractivity contribution in [3.8, 4) is 11.5 Å². The highest BCUT2D eigenvalue weighted by atomic mass is 16.7. The molecule has 0 aliphatic heterocycles. The van der Waals surface area contributed by atoms with E-state index in [1.807, 2.05) is 84.9 Å². The first-order valence-electron chi connectivity index (χ1n) is 11.3. The van der Waals surface area contributed by atoms with E-state index in [1.165, 1.54) is 0 Å². The molecule has 35 heavy (non-hydrogen) atoms. The maximum atomic E-state index is 10.0. The Balaban J connectivity index is 1.15. The van der Waals surface area contributed by atoms with Gasteiger partial charge >= 0.3 is 0 Å². The third-order valence-corrected chi connectivity index (χ3v) is 4.93. The van der Waals surface area contributed by atoms with E-state index < -0.39 is 12.6 Å². The van der Waals surface area contributed by atoms with Crippen LogP contribution in [0.3, 0.4) is 0 Å². The van der Waals surface area contributed by atoms with Crippen LogP contribution >= 0.6 is 0 Å². The molecule has 0 aromatic heterocycles. The summed E-state index contributed by atoms with van der Waals surface area (Å²) in [6, 6.07) is 34.3. The average molecular weight is 473 g/mol. The van der Waals surface area contributed by atoms with Gasteiger partial charge in [0.25, 0.3) is 0 Å². The lowest BCUT2D eigenvalue weighted by Gasteiger charge is -2.18. The summed E-state index contributed by atoms with van der Waals surface area (Å²) >= 11 is 0. The highest BCUT2D eigenvalue weighted by Gasteiger charge is 2.13. The van der Waals surface area contributed by atoms with Gasteiger partial charge < -0.3 is 35.1 Å². The number of hydrogen-bond donors (Lipinski definition) is 4. The lowest BCUT2D eigenvalue weighted by atomic mass is 10.2. The first-order chi connectivity index (χ1) is 17.1. The van der Waals surface area contributed by atoms with Crippen LogP contribution in [-0.4, -0.2) is 36.0 Å². The molecule has 0 saturated carbocycles. The maximum absolute atomic E-state index is 10.0. The summed E-state index contributed by atoms with van der Waals surface area (Å²) in [5.41, 5.74) is 3.80. The summed E-state index contributed by atoms with van der Waals surface area (Å²) in [5, 5.41) is 26.6. The molecule has 180 valence electrons. The number of nitrogens with one attached hydrogen (secondary N) is 2. The SMILES string of the molecule is OC(COc1ccc(Nc2ccccc2)cc1)OC(O)COc1ccc(Nc2ccccc2)cc1. The van der Waals surface area contributed by atoms with E-state index in [-0.39, 0.29) is 13.2 Å². The van der Waals surface area contributed by atoms with Gasteiger partial charge in [-0.15, -0.1) is 0 Å². The van der Waals surface area contributed by atoms with Gasteiger partial charge in [0, 0.05) is 22.7 Å². The Hall–Kier alpha value is -4.04. The zero-order valence-electron chi connectivity index (χ0n) is 19.1. The lowest BCUT2D eigenvalue weighted by Crippen LogP contribution is -2.30. The second kappa shape index (κ2) is 12.4. The largest absolute Gasteiger partial charge is 0.488 e. The molecule has 4 aromatic rings. The Morgan fingerprint density at radius 2 is 0.829 bits per heavy atom. The number of rotatable bonds is 12.